The highest BCUT2D eigenvalue weighted by atomic mass is 35.5. The molecule has 1 heterocycles. The standard InChI is InChI=1S/C14H11ClFN5/c15-12-8-10(16)6-7-13(12)17-9-14-18-19-20-21(14)11-4-2-1-3-5-11/h1-8,17H,9H2. The molecule has 0 aliphatic heterocycles. The maximum atomic E-state index is 13.0. The molecular formula is C14H11ClFN5. The summed E-state index contributed by atoms with van der Waals surface area (Å²) < 4.78 is 14.6. The Bertz CT molecular complexity index is 744. The summed E-state index contributed by atoms with van der Waals surface area (Å²) >= 11 is 5.97. The van der Waals surface area contributed by atoms with Crippen molar-refractivity contribution in [3.8, 4) is 5.69 Å². The Morgan fingerprint density at radius 3 is 2.71 bits per heavy atom. The van der Waals surface area contributed by atoms with Gasteiger partial charge in [0.15, 0.2) is 5.82 Å². The Morgan fingerprint density at radius 2 is 1.95 bits per heavy atom. The second kappa shape index (κ2) is 5.88. The lowest BCUT2D eigenvalue weighted by Gasteiger charge is -2.08. The van der Waals surface area contributed by atoms with Gasteiger partial charge in [0.2, 0.25) is 0 Å². The third kappa shape index (κ3) is 3.00. The zero-order valence-electron chi connectivity index (χ0n) is 10.9. The molecule has 0 amide bonds. The molecule has 0 atom stereocenters. The monoisotopic (exact) mass is 303 g/mol. The maximum Gasteiger partial charge on any atom is 0.175 e. The van der Waals surface area contributed by atoms with Crippen LogP contribution in [-0.2, 0) is 6.54 Å². The van der Waals surface area contributed by atoms with Gasteiger partial charge in [-0.1, -0.05) is 29.8 Å². The molecule has 0 saturated heterocycles. The number of halogens is 2. The molecule has 0 radical (unpaired) electrons. The van der Waals surface area contributed by atoms with Gasteiger partial charge in [0.05, 0.1) is 22.9 Å². The van der Waals surface area contributed by atoms with E-state index in [-0.39, 0.29) is 5.82 Å². The lowest BCUT2D eigenvalue weighted by Crippen LogP contribution is -2.08. The van der Waals surface area contributed by atoms with Gasteiger partial charge in [-0.25, -0.2) is 4.39 Å². The molecule has 1 N–H and O–H groups in total. The van der Waals surface area contributed by atoms with Gasteiger partial charge in [0.25, 0.3) is 0 Å². The predicted octanol–water partition coefficient (Wildman–Crippen LogP) is 3.07. The lowest BCUT2D eigenvalue weighted by molar-refractivity contribution is 0.628. The molecule has 5 nitrogen and oxygen atoms in total. The minimum atomic E-state index is -0.375. The quantitative estimate of drug-likeness (QED) is 0.805. The molecule has 0 aliphatic rings. The number of aromatic nitrogens is 4. The maximum absolute atomic E-state index is 13.0. The zero-order valence-corrected chi connectivity index (χ0v) is 11.6. The number of nitrogens with zero attached hydrogens (tertiary/aromatic N) is 4. The van der Waals surface area contributed by atoms with Crippen LogP contribution in [-0.4, -0.2) is 20.2 Å². The molecule has 0 spiro atoms. The van der Waals surface area contributed by atoms with E-state index >= 15 is 0 Å². The van der Waals surface area contributed by atoms with E-state index < -0.39 is 0 Å². The first-order chi connectivity index (χ1) is 10.2. The number of rotatable bonds is 4. The molecule has 2 aromatic carbocycles. The van der Waals surface area contributed by atoms with Crippen molar-refractivity contribution in [3.63, 3.8) is 0 Å². The molecule has 0 bridgehead atoms. The molecule has 0 aliphatic carbocycles. The summed E-state index contributed by atoms with van der Waals surface area (Å²) in [4.78, 5) is 0. The van der Waals surface area contributed by atoms with Crippen molar-refractivity contribution < 1.29 is 4.39 Å². The van der Waals surface area contributed by atoms with Crippen LogP contribution in [0.25, 0.3) is 5.69 Å². The molecule has 3 rings (SSSR count). The van der Waals surface area contributed by atoms with Crippen molar-refractivity contribution in [1.82, 2.24) is 20.2 Å². The predicted molar refractivity (Wildman–Crippen MR) is 77.9 cm³/mol. The van der Waals surface area contributed by atoms with Gasteiger partial charge in [0.1, 0.15) is 5.82 Å². The summed E-state index contributed by atoms with van der Waals surface area (Å²) in [5.74, 6) is 0.251. The fraction of sp³-hybridized carbons (Fsp3) is 0.0714. The van der Waals surface area contributed by atoms with Gasteiger partial charge in [-0.3, -0.25) is 0 Å². The van der Waals surface area contributed by atoms with Crippen LogP contribution in [0.2, 0.25) is 5.02 Å². The molecule has 0 unspecified atom stereocenters. The lowest BCUT2D eigenvalue weighted by atomic mass is 10.3. The van der Waals surface area contributed by atoms with Gasteiger partial charge in [0, 0.05) is 0 Å². The number of hydrogen-bond acceptors (Lipinski definition) is 4. The Balaban J connectivity index is 1.79. The van der Waals surface area contributed by atoms with Crippen molar-refractivity contribution in [2.24, 2.45) is 0 Å². The highest BCUT2D eigenvalue weighted by Crippen LogP contribution is 2.22. The average Bonchev–Trinajstić information content (AvgIpc) is 2.96. The van der Waals surface area contributed by atoms with Gasteiger partial charge in [-0.05, 0) is 40.8 Å². The van der Waals surface area contributed by atoms with Gasteiger partial charge in [-0.2, -0.15) is 4.68 Å². The second-order valence-electron chi connectivity index (χ2n) is 4.32. The highest BCUT2D eigenvalue weighted by Gasteiger charge is 2.09. The van der Waals surface area contributed by atoms with Crippen LogP contribution in [0, 0.1) is 5.82 Å². The van der Waals surface area contributed by atoms with Crippen molar-refractivity contribution in [1.29, 1.82) is 0 Å². The molecule has 0 fully saturated rings. The average molecular weight is 304 g/mol. The van der Waals surface area contributed by atoms with E-state index in [2.05, 4.69) is 20.8 Å². The van der Waals surface area contributed by atoms with E-state index in [0.29, 0.717) is 23.1 Å². The van der Waals surface area contributed by atoms with Crippen molar-refractivity contribution in [2.75, 3.05) is 5.32 Å². The Labute approximate surface area is 125 Å². The van der Waals surface area contributed by atoms with Gasteiger partial charge < -0.3 is 5.32 Å². The van der Waals surface area contributed by atoms with E-state index in [1.165, 1.54) is 12.1 Å². The Hall–Kier alpha value is -2.47. The van der Waals surface area contributed by atoms with Gasteiger partial charge >= 0.3 is 0 Å². The van der Waals surface area contributed by atoms with E-state index in [4.69, 9.17) is 11.6 Å². The largest absolute Gasteiger partial charge is 0.376 e. The molecular weight excluding hydrogens is 293 g/mol. The summed E-state index contributed by atoms with van der Waals surface area (Å²) in [6.07, 6.45) is 0. The van der Waals surface area contributed by atoms with Crippen LogP contribution < -0.4 is 5.32 Å². The first-order valence-corrected chi connectivity index (χ1v) is 6.63. The van der Waals surface area contributed by atoms with Crippen molar-refractivity contribution >= 4 is 17.3 Å². The summed E-state index contributed by atoms with van der Waals surface area (Å²) in [7, 11) is 0. The summed E-state index contributed by atoms with van der Waals surface area (Å²) in [6.45, 7) is 0.368. The fourth-order valence-electron chi connectivity index (χ4n) is 1.89. The molecule has 21 heavy (non-hydrogen) atoms. The topological polar surface area (TPSA) is 55.6 Å². The van der Waals surface area contributed by atoms with Crippen LogP contribution in [0.15, 0.2) is 48.5 Å². The number of para-hydroxylation sites is 1. The number of tetrazole rings is 1. The van der Waals surface area contributed by atoms with E-state index in [1.54, 1.807) is 10.7 Å². The number of anilines is 1. The van der Waals surface area contributed by atoms with Gasteiger partial charge in [-0.15, -0.1) is 5.10 Å². The molecule has 106 valence electrons. The van der Waals surface area contributed by atoms with E-state index in [1.807, 2.05) is 30.3 Å². The Kier molecular flexibility index (Phi) is 3.79. The summed E-state index contributed by atoms with van der Waals surface area (Å²) in [5, 5.41) is 15.0. The Morgan fingerprint density at radius 1 is 1.14 bits per heavy atom. The van der Waals surface area contributed by atoms with Crippen LogP contribution in [0.3, 0.4) is 0 Å². The molecule has 7 heteroatoms. The number of nitrogens with one attached hydrogen (secondary N) is 1. The minimum absolute atomic E-state index is 0.314. The van der Waals surface area contributed by atoms with Crippen LogP contribution in [0.5, 0.6) is 0 Å². The minimum Gasteiger partial charge on any atom is -0.376 e. The van der Waals surface area contributed by atoms with Crippen molar-refractivity contribution in [3.05, 3.63) is 65.2 Å². The van der Waals surface area contributed by atoms with E-state index in [9.17, 15) is 4.39 Å². The summed E-state index contributed by atoms with van der Waals surface area (Å²) in [5.41, 5.74) is 1.49. The molecule has 3 aromatic rings. The second-order valence-corrected chi connectivity index (χ2v) is 4.73. The number of benzene rings is 2. The molecule has 0 saturated carbocycles. The van der Waals surface area contributed by atoms with Crippen LogP contribution >= 0.6 is 11.6 Å². The normalized spacial score (nSPS) is 10.6. The smallest absolute Gasteiger partial charge is 0.175 e. The van der Waals surface area contributed by atoms with E-state index in [0.717, 1.165) is 5.69 Å². The third-order valence-electron chi connectivity index (χ3n) is 2.90. The van der Waals surface area contributed by atoms with Crippen LogP contribution in [0.4, 0.5) is 10.1 Å². The fourth-order valence-corrected chi connectivity index (χ4v) is 2.13. The third-order valence-corrected chi connectivity index (χ3v) is 3.22. The first-order valence-electron chi connectivity index (χ1n) is 6.25. The zero-order chi connectivity index (χ0) is 14.7. The molecule has 1 aromatic heterocycles. The first kappa shape index (κ1) is 13.5. The van der Waals surface area contributed by atoms with Crippen LogP contribution in [0.1, 0.15) is 5.82 Å². The highest BCUT2D eigenvalue weighted by molar-refractivity contribution is 6.33. The van der Waals surface area contributed by atoms with Crippen molar-refractivity contribution in [2.45, 2.75) is 6.54 Å². The number of hydrogen-bond donors (Lipinski definition) is 1. The SMILES string of the molecule is Fc1ccc(NCc2nnnn2-c2ccccc2)c(Cl)c1. The summed E-state index contributed by atoms with van der Waals surface area (Å²) in [6, 6.07) is 13.7.